The monoisotopic (exact) mass is 299 g/mol. The summed E-state index contributed by atoms with van der Waals surface area (Å²) in [4.78, 5) is -0.0644. The van der Waals surface area contributed by atoms with Crippen LogP contribution in [0.15, 0.2) is 23.1 Å². The average Bonchev–Trinajstić information content (AvgIpc) is 2.38. The highest BCUT2D eigenvalue weighted by molar-refractivity contribution is 7.89. The summed E-state index contributed by atoms with van der Waals surface area (Å²) in [5, 5.41) is 17.8. The van der Waals surface area contributed by atoms with E-state index in [1.165, 1.54) is 6.07 Å². The van der Waals surface area contributed by atoms with Crippen LogP contribution in [-0.4, -0.2) is 26.2 Å². The number of primary sulfonamides is 1. The molecule has 20 heavy (non-hydrogen) atoms. The van der Waals surface area contributed by atoms with Crippen molar-refractivity contribution in [1.29, 1.82) is 0 Å². The summed E-state index contributed by atoms with van der Waals surface area (Å²) in [5.41, 5.74) is 6.61. The van der Waals surface area contributed by atoms with E-state index in [9.17, 15) is 13.5 Å². The molecule has 1 aromatic rings. The molecule has 1 saturated carbocycles. The van der Waals surface area contributed by atoms with Gasteiger partial charge in [0.15, 0.2) is 0 Å². The number of nitrogens with two attached hydrogens (primary N) is 2. The van der Waals surface area contributed by atoms with Crippen molar-refractivity contribution in [3.63, 3.8) is 0 Å². The third-order valence-electron chi connectivity index (χ3n) is 3.81. The largest absolute Gasteiger partial charge is 0.398 e. The molecular weight excluding hydrogens is 278 g/mol. The normalized spacial score (nSPS) is 23.5. The Morgan fingerprint density at radius 1 is 1.30 bits per heavy atom. The zero-order valence-corrected chi connectivity index (χ0v) is 12.1. The molecule has 1 aromatic carbocycles. The lowest BCUT2D eigenvalue weighted by molar-refractivity contribution is 0.178. The molecule has 112 valence electrons. The molecule has 1 aliphatic carbocycles. The molecular formula is C13H21N3O3S. The topological polar surface area (TPSA) is 118 Å². The number of hydrogen-bond acceptors (Lipinski definition) is 5. The number of benzene rings is 1. The molecule has 1 fully saturated rings. The first-order chi connectivity index (χ1) is 9.41. The Hall–Kier alpha value is -1.31. The molecule has 0 bridgehead atoms. The second-order valence-corrected chi connectivity index (χ2v) is 6.81. The van der Waals surface area contributed by atoms with E-state index in [4.69, 9.17) is 10.9 Å². The van der Waals surface area contributed by atoms with Crippen molar-refractivity contribution in [2.24, 2.45) is 11.1 Å². The number of aliphatic hydroxyl groups is 1. The van der Waals surface area contributed by atoms with Crippen LogP contribution in [0.2, 0.25) is 0 Å². The van der Waals surface area contributed by atoms with Gasteiger partial charge in [0.05, 0.1) is 5.69 Å². The molecule has 0 heterocycles. The average molecular weight is 299 g/mol. The Morgan fingerprint density at radius 3 is 2.60 bits per heavy atom. The summed E-state index contributed by atoms with van der Waals surface area (Å²) in [6.45, 7) is 0.155. The number of anilines is 2. The van der Waals surface area contributed by atoms with Gasteiger partial charge in [-0.25, -0.2) is 13.6 Å². The summed E-state index contributed by atoms with van der Waals surface area (Å²) < 4.78 is 22.6. The van der Waals surface area contributed by atoms with E-state index < -0.39 is 10.0 Å². The molecule has 0 amide bonds. The van der Waals surface area contributed by atoms with Crippen molar-refractivity contribution >= 4 is 21.4 Å². The van der Waals surface area contributed by atoms with Crippen LogP contribution in [0.1, 0.15) is 25.7 Å². The fraction of sp³-hybridized carbons (Fsp3) is 0.538. The smallest absolute Gasteiger partial charge is 0.240 e. The minimum atomic E-state index is -3.79. The molecule has 0 radical (unpaired) electrons. The van der Waals surface area contributed by atoms with E-state index in [-0.39, 0.29) is 29.1 Å². The fourth-order valence-corrected chi connectivity index (χ4v) is 3.37. The van der Waals surface area contributed by atoms with Gasteiger partial charge in [0.25, 0.3) is 0 Å². The maximum absolute atomic E-state index is 11.3. The van der Waals surface area contributed by atoms with Crippen molar-refractivity contribution in [1.82, 2.24) is 0 Å². The van der Waals surface area contributed by atoms with Gasteiger partial charge in [-0.2, -0.15) is 0 Å². The van der Waals surface area contributed by atoms with Crippen LogP contribution >= 0.6 is 0 Å². The predicted octanol–water partition coefficient (Wildman–Crippen LogP) is 0.879. The highest BCUT2D eigenvalue weighted by Gasteiger charge is 2.24. The summed E-state index contributed by atoms with van der Waals surface area (Å²) in [5.74, 6) is 0.225. The maximum atomic E-state index is 11.3. The number of aliphatic hydroxyl groups excluding tert-OH is 1. The molecule has 0 spiro atoms. The molecule has 2 atom stereocenters. The molecule has 1 aliphatic rings. The maximum Gasteiger partial charge on any atom is 0.240 e. The molecule has 6 nitrogen and oxygen atoms in total. The van der Waals surface area contributed by atoms with Crippen molar-refractivity contribution < 1.29 is 13.5 Å². The Labute approximate surface area is 119 Å². The molecule has 7 heteroatoms. The van der Waals surface area contributed by atoms with Gasteiger partial charge in [-0.15, -0.1) is 0 Å². The van der Waals surface area contributed by atoms with Crippen LogP contribution in [0.3, 0.4) is 0 Å². The van der Waals surface area contributed by atoms with Crippen LogP contribution in [0, 0.1) is 5.92 Å². The van der Waals surface area contributed by atoms with Crippen LogP contribution in [0.4, 0.5) is 11.4 Å². The lowest BCUT2D eigenvalue weighted by Crippen LogP contribution is -2.34. The standard InChI is InChI=1S/C13H21N3O3S/c14-11-7-10(5-6-13(11)20(15,18)19)16-12-4-2-1-3-9(12)8-17/h5-7,9,12,16-17H,1-4,8,14H2,(H2,15,18,19). The van der Waals surface area contributed by atoms with Gasteiger partial charge in [0.2, 0.25) is 10.0 Å². The number of nitrogen functional groups attached to an aromatic ring is 1. The first kappa shape index (κ1) is 15.1. The van der Waals surface area contributed by atoms with Gasteiger partial charge in [-0.3, -0.25) is 0 Å². The molecule has 6 N–H and O–H groups in total. The van der Waals surface area contributed by atoms with E-state index in [0.717, 1.165) is 31.4 Å². The van der Waals surface area contributed by atoms with E-state index in [1.807, 2.05) is 0 Å². The lowest BCUT2D eigenvalue weighted by Gasteiger charge is -2.31. The first-order valence-corrected chi connectivity index (χ1v) is 8.26. The fourth-order valence-electron chi connectivity index (χ4n) is 2.73. The molecule has 2 unspecified atom stereocenters. The van der Waals surface area contributed by atoms with Crippen molar-refractivity contribution in [2.75, 3.05) is 17.7 Å². The summed E-state index contributed by atoms with van der Waals surface area (Å²) >= 11 is 0. The van der Waals surface area contributed by atoms with E-state index >= 15 is 0 Å². The van der Waals surface area contributed by atoms with Gasteiger partial charge < -0.3 is 16.2 Å². The second-order valence-electron chi connectivity index (χ2n) is 5.28. The summed E-state index contributed by atoms with van der Waals surface area (Å²) in [7, 11) is -3.79. The highest BCUT2D eigenvalue weighted by atomic mass is 32.2. The SMILES string of the molecule is Nc1cc(NC2CCCCC2CO)ccc1S(N)(=O)=O. The van der Waals surface area contributed by atoms with Gasteiger partial charge in [0, 0.05) is 24.3 Å². The minimum Gasteiger partial charge on any atom is -0.398 e. The Morgan fingerprint density at radius 2 is 2.00 bits per heavy atom. The van der Waals surface area contributed by atoms with Crippen LogP contribution in [-0.2, 0) is 10.0 Å². The molecule has 0 aromatic heterocycles. The van der Waals surface area contributed by atoms with E-state index in [1.54, 1.807) is 12.1 Å². The number of hydrogen-bond donors (Lipinski definition) is 4. The first-order valence-electron chi connectivity index (χ1n) is 6.71. The summed E-state index contributed by atoms with van der Waals surface area (Å²) in [6, 6.07) is 4.82. The second kappa shape index (κ2) is 5.99. The highest BCUT2D eigenvalue weighted by Crippen LogP contribution is 2.28. The zero-order valence-electron chi connectivity index (χ0n) is 11.2. The number of rotatable bonds is 4. The number of sulfonamides is 1. The Bertz CT molecular complexity index is 574. The van der Waals surface area contributed by atoms with Crippen molar-refractivity contribution in [3.8, 4) is 0 Å². The van der Waals surface area contributed by atoms with Gasteiger partial charge in [-0.1, -0.05) is 12.8 Å². The Balaban J connectivity index is 2.16. The molecule has 0 aliphatic heterocycles. The third-order valence-corrected chi connectivity index (χ3v) is 4.80. The van der Waals surface area contributed by atoms with E-state index in [2.05, 4.69) is 5.32 Å². The van der Waals surface area contributed by atoms with Gasteiger partial charge >= 0.3 is 0 Å². The van der Waals surface area contributed by atoms with Crippen LogP contribution in [0.25, 0.3) is 0 Å². The number of nitrogens with one attached hydrogen (secondary N) is 1. The van der Waals surface area contributed by atoms with Gasteiger partial charge in [-0.05, 0) is 31.0 Å². The van der Waals surface area contributed by atoms with Crippen LogP contribution in [0.5, 0.6) is 0 Å². The Kier molecular flexibility index (Phi) is 4.52. The van der Waals surface area contributed by atoms with E-state index in [0.29, 0.717) is 0 Å². The van der Waals surface area contributed by atoms with Crippen molar-refractivity contribution in [2.45, 2.75) is 36.6 Å². The zero-order chi connectivity index (χ0) is 14.8. The minimum absolute atomic E-state index is 0.0644. The summed E-state index contributed by atoms with van der Waals surface area (Å²) in [6.07, 6.45) is 4.25. The quantitative estimate of drug-likeness (QED) is 0.615. The van der Waals surface area contributed by atoms with Crippen molar-refractivity contribution in [3.05, 3.63) is 18.2 Å². The predicted molar refractivity (Wildman–Crippen MR) is 78.7 cm³/mol. The lowest BCUT2D eigenvalue weighted by atomic mass is 9.85. The third kappa shape index (κ3) is 3.41. The molecule has 0 saturated heterocycles. The molecule has 2 rings (SSSR count). The van der Waals surface area contributed by atoms with Gasteiger partial charge in [0.1, 0.15) is 4.90 Å². The van der Waals surface area contributed by atoms with Crippen LogP contribution < -0.4 is 16.2 Å².